The highest BCUT2D eigenvalue weighted by Gasteiger charge is 2.09. The Morgan fingerprint density at radius 1 is 0.950 bits per heavy atom. The monoisotopic (exact) mass is 284 g/mol. The van der Waals surface area contributed by atoms with Gasteiger partial charge in [0.15, 0.2) is 0 Å². The van der Waals surface area contributed by atoms with E-state index in [0.29, 0.717) is 6.42 Å². The molecule has 0 aliphatic heterocycles. The number of benzene rings is 2. The number of sulfone groups is 1. The van der Waals surface area contributed by atoms with Crippen LogP contribution in [0.3, 0.4) is 0 Å². The van der Waals surface area contributed by atoms with Gasteiger partial charge in [0.05, 0.1) is 4.90 Å². The molecule has 2 aromatic carbocycles. The summed E-state index contributed by atoms with van der Waals surface area (Å²) in [6, 6.07) is 16.6. The van der Waals surface area contributed by atoms with Crippen LogP contribution in [0.4, 0.5) is 0 Å². The molecule has 3 heteroatoms. The van der Waals surface area contributed by atoms with Gasteiger partial charge in [-0.2, -0.15) is 0 Å². The molecule has 0 heterocycles. The summed E-state index contributed by atoms with van der Waals surface area (Å²) in [4.78, 5) is 0.260. The van der Waals surface area contributed by atoms with Gasteiger partial charge in [0.25, 0.3) is 0 Å². The molecule has 0 amide bonds. The topological polar surface area (TPSA) is 34.1 Å². The highest BCUT2D eigenvalue weighted by molar-refractivity contribution is 7.96. The zero-order chi connectivity index (χ0) is 14.4. The summed E-state index contributed by atoms with van der Waals surface area (Å²) in [7, 11) is -3.49. The normalized spacial score (nSPS) is 10.7. The molecule has 2 aromatic rings. The lowest BCUT2D eigenvalue weighted by Gasteiger charge is -1.97. The Bertz CT molecular complexity index is 718. The molecular formula is C17H16O2S. The fraction of sp³-hybridized carbons (Fsp3) is 0.176. The van der Waals surface area contributed by atoms with Gasteiger partial charge in [-0.05, 0) is 31.0 Å². The molecule has 0 aromatic heterocycles. The minimum atomic E-state index is -3.49. The van der Waals surface area contributed by atoms with E-state index in [4.69, 9.17) is 0 Å². The molecule has 0 saturated heterocycles. The molecule has 0 atom stereocenters. The fourth-order valence-electron chi connectivity index (χ4n) is 1.77. The molecule has 2 rings (SSSR count). The van der Waals surface area contributed by atoms with Gasteiger partial charge in [-0.3, -0.25) is 0 Å². The molecule has 0 aliphatic rings. The summed E-state index contributed by atoms with van der Waals surface area (Å²) >= 11 is 0. The van der Waals surface area contributed by atoms with Crippen LogP contribution in [0.5, 0.6) is 0 Å². The molecule has 0 saturated carbocycles. The summed E-state index contributed by atoms with van der Waals surface area (Å²) in [6.07, 6.45) is 1.30. The Hall–Kier alpha value is -2.05. The molecule has 0 unspecified atom stereocenters. The first-order valence-corrected chi connectivity index (χ1v) is 7.91. The second kappa shape index (κ2) is 6.40. The predicted octanol–water partition coefficient (Wildman–Crippen LogP) is 3.36. The molecule has 0 spiro atoms. The maximum Gasteiger partial charge on any atom is 0.245 e. The largest absolute Gasteiger partial charge is 0.245 e. The third kappa shape index (κ3) is 3.97. The lowest BCUT2D eigenvalue weighted by Crippen LogP contribution is -1.96. The van der Waals surface area contributed by atoms with Gasteiger partial charge < -0.3 is 0 Å². The van der Waals surface area contributed by atoms with E-state index in [1.54, 1.807) is 24.3 Å². The van der Waals surface area contributed by atoms with E-state index in [1.165, 1.54) is 0 Å². The maximum absolute atomic E-state index is 12.0. The average molecular weight is 284 g/mol. The minimum absolute atomic E-state index is 0.260. The summed E-state index contributed by atoms with van der Waals surface area (Å²) in [5, 5.41) is 2.39. The second-order valence-corrected chi connectivity index (χ2v) is 6.26. The van der Waals surface area contributed by atoms with Gasteiger partial charge in [0.1, 0.15) is 0 Å². The Labute approximate surface area is 120 Å². The highest BCUT2D eigenvalue weighted by Crippen LogP contribution is 2.11. The molecule has 20 heavy (non-hydrogen) atoms. The van der Waals surface area contributed by atoms with Crippen molar-refractivity contribution in [2.45, 2.75) is 24.7 Å². The van der Waals surface area contributed by atoms with Crippen molar-refractivity contribution >= 4 is 9.84 Å². The predicted molar refractivity (Wildman–Crippen MR) is 80.9 cm³/mol. The molecule has 2 nitrogen and oxygen atoms in total. The maximum atomic E-state index is 12.0. The molecule has 0 bridgehead atoms. The highest BCUT2D eigenvalue weighted by atomic mass is 32.2. The Morgan fingerprint density at radius 2 is 1.60 bits per heavy atom. The van der Waals surface area contributed by atoms with Crippen molar-refractivity contribution in [3.05, 3.63) is 65.7 Å². The van der Waals surface area contributed by atoms with E-state index in [1.807, 2.05) is 37.3 Å². The van der Waals surface area contributed by atoms with Crippen LogP contribution < -0.4 is 0 Å². The van der Waals surface area contributed by atoms with E-state index in [-0.39, 0.29) is 4.90 Å². The van der Waals surface area contributed by atoms with Gasteiger partial charge in [-0.1, -0.05) is 53.9 Å². The molecule has 0 N–H and O–H groups in total. The van der Waals surface area contributed by atoms with Gasteiger partial charge >= 0.3 is 0 Å². The number of aryl methyl sites for hydroxylation is 2. The summed E-state index contributed by atoms with van der Waals surface area (Å²) < 4.78 is 24.0. The van der Waals surface area contributed by atoms with Crippen LogP contribution in [-0.4, -0.2) is 8.42 Å². The Morgan fingerprint density at radius 3 is 2.25 bits per heavy atom. The average Bonchev–Trinajstić information content (AvgIpc) is 2.45. The van der Waals surface area contributed by atoms with E-state index in [2.05, 4.69) is 11.2 Å². The minimum Gasteiger partial charge on any atom is -0.210 e. The van der Waals surface area contributed by atoms with E-state index in [9.17, 15) is 8.42 Å². The van der Waals surface area contributed by atoms with Gasteiger partial charge in [-0.25, -0.2) is 8.42 Å². The third-order valence-corrected chi connectivity index (χ3v) is 4.23. The van der Waals surface area contributed by atoms with Crippen molar-refractivity contribution in [3.63, 3.8) is 0 Å². The number of hydrogen-bond acceptors (Lipinski definition) is 2. The zero-order valence-corrected chi connectivity index (χ0v) is 12.2. The van der Waals surface area contributed by atoms with E-state index < -0.39 is 9.84 Å². The number of hydrogen-bond donors (Lipinski definition) is 0. The van der Waals surface area contributed by atoms with Crippen LogP contribution in [0.15, 0.2) is 59.5 Å². The van der Waals surface area contributed by atoms with Gasteiger partial charge in [0, 0.05) is 11.7 Å². The van der Waals surface area contributed by atoms with E-state index in [0.717, 1.165) is 17.5 Å². The van der Waals surface area contributed by atoms with Crippen LogP contribution in [0.2, 0.25) is 0 Å². The smallest absolute Gasteiger partial charge is 0.210 e. The van der Waals surface area contributed by atoms with Gasteiger partial charge in [0.2, 0.25) is 9.84 Å². The van der Waals surface area contributed by atoms with Crippen LogP contribution in [-0.2, 0) is 16.3 Å². The van der Waals surface area contributed by atoms with Crippen LogP contribution in [0.25, 0.3) is 0 Å². The SMILES string of the molecule is Cc1ccc(S(=O)(=O)C#CCCc2ccccc2)cc1. The number of rotatable bonds is 3. The van der Waals surface area contributed by atoms with Crippen molar-refractivity contribution in [1.29, 1.82) is 0 Å². The summed E-state index contributed by atoms with van der Waals surface area (Å²) in [5.41, 5.74) is 2.19. The third-order valence-electron chi connectivity index (χ3n) is 2.92. The molecular weight excluding hydrogens is 268 g/mol. The first-order valence-electron chi connectivity index (χ1n) is 6.43. The molecule has 0 fully saturated rings. The van der Waals surface area contributed by atoms with Crippen LogP contribution >= 0.6 is 0 Å². The van der Waals surface area contributed by atoms with Crippen molar-refractivity contribution in [2.75, 3.05) is 0 Å². The first kappa shape index (κ1) is 14.4. The lowest BCUT2D eigenvalue weighted by atomic mass is 10.1. The van der Waals surface area contributed by atoms with Crippen LogP contribution in [0, 0.1) is 18.1 Å². The van der Waals surface area contributed by atoms with Crippen molar-refractivity contribution in [3.8, 4) is 11.2 Å². The second-order valence-electron chi connectivity index (χ2n) is 4.58. The molecule has 102 valence electrons. The lowest BCUT2D eigenvalue weighted by molar-refractivity contribution is 0.606. The standard InChI is InChI=1S/C17H16O2S/c1-15-10-12-17(13-11-15)20(18,19)14-6-5-9-16-7-3-2-4-8-16/h2-4,7-8,10-13H,5,9H2,1H3. The van der Waals surface area contributed by atoms with Crippen molar-refractivity contribution < 1.29 is 8.42 Å². The quantitative estimate of drug-likeness (QED) is 0.640. The summed E-state index contributed by atoms with van der Waals surface area (Å²) in [5.74, 6) is 2.75. The molecule has 0 radical (unpaired) electrons. The van der Waals surface area contributed by atoms with Crippen molar-refractivity contribution in [1.82, 2.24) is 0 Å². The zero-order valence-electron chi connectivity index (χ0n) is 11.3. The Kier molecular flexibility index (Phi) is 4.60. The first-order chi connectivity index (χ1) is 9.58. The fourth-order valence-corrected chi connectivity index (χ4v) is 2.68. The Balaban J connectivity index is 2.02. The van der Waals surface area contributed by atoms with E-state index >= 15 is 0 Å². The molecule has 0 aliphatic carbocycles. The summed E-state index contributed by atoms with van der Waals surface area (Å²) in [6.45, 7) is 1.92. The van der Waals surface area contributed by atoms with Gasteiger partial charge in [-0.15, -0.1) is 0 Å². The van der Waals surface area contributed by atoms with Crippen LogP contribution in [0.1, 0.15) is 17.5 Å². The van der Waals surface area contributed by atoms with Crippen molar-refractivity contribution in [2.24, 2.45) is 0 Å².